The van der Waals surface area contributed by atoms with E-state index in [4.69, 9.17) is 9.47 Å². The monoisotopic (exact) mass is 529 g/mol. The standard InChI is InChI=1S/C33H43N3O3/c1-4-5-6-10-18-34-28-14-15-29-27(22-28)17-19-36(24-33(37)35-23-25-11-8-7-9-12-25)30(29)20-26-13-16-31(38-2)32(21-26)39-3/h7-9,11-16,21-22,30,34H,4-6,10,17-20,23-24H2,1-3H3,(H,35,37). The molecule has 1 heterocycles. The number of nitrogens with one attached hydrogen (secondary N) is 2. The van der Waals surface area contributed by atoms with Crippen molar-refractivity contribution in [1.82, 2.24) is 10.2 Å². The number of unbranched alkanes of at least 4 members (excludes halogenated alkanes) is 3. The van der Waals surface area contributed by atoms with Crippen molar-refractivity contribution in [3.8, 4) is 11.5 Å². The van der Waals surface area contributed by atoms with Crippen LogP contribution in [0.3, 0.4) is 0 Å². The summed E-state index contributed by atoms with van der Waals surface area (Å²) in [5.41, 5.74) is 6.09. The highest BCUT2D eigenvalue weighted by atomic mass is 16.5. The molecule has 208 valence electrons. The number of carbonyl (C=O) groups is 1. The number of hydrogen-bond acceptors (Lipinski definition) is 5. The third-order valence-electron chi connectivity index (χ3n) is 7.53. The number of rotatable bonds is 14. The van der Waals surface area contributed by atoms with Crippen molar-refractivity contribution >= 4 is 11.6 Å². The van der Waals surface area contributed by atoms with Crippen molar-refractivity contribution in [3.63, 3.8) is 0 Å². The Morgan fingerprint density at radius 2 is 1.74 bits per heavy atom. The molecular weight excluding hydrogens is 486 g/mol. The SMILES string of the molecule is CCCCCCNc1ccc2c(c1)CCN(CC(=O)NCc1ccccc1)C2Cc1ccc(OC)c(OC)c1. The summed E-state index contributed by atoms with van der Waals surface area (Å²) in [6.45, 7) is 4.98. The molecule has 6 nitrogen and oxygen atoms in total. The summed E-state index contributed by atoms with van der Waals surface area (Å²) in [7, 11) is 3.32. The topological polar surface area (TPSA) is 62.8 Å². The maximum absolute atomic E-state index is 13.0. The van der Waals surface area contributed by atoms with Gasteiger partial charge in [0.2, 0.25) is 5.91 Å². The van der Waals surface area contributed by atoms with Crippen molar-refractivity contribution in [2.75, 3.05) is 39.2 Å². The normalized spacial score (nSPS) is 14.9. The van der Waals surface area contributed by atoms with Gasteiger partial charge in [0.25, 0.3) is 0 Å². The molecule has 0 spiro atoms. The van der Waals surface area contributed by atoms with Crippen LogP contribution in [0.2, 0.25) is 0 Å². The Hall–Kier alpha value is -3.51. The number of nitrogens with zero attached hydrogens (tertiary/aromatic N) is 1. The summed E-state index contributed by atoms with van der Waals surface area (Å²) < 4.78 is 11.0. The molecule has 0 fully saturated rings. The number of fused-ring (bicyclic) bond motifs is 1. The fourth-order valence-corrected chi connectivity index (χ4v) is 5.35. The van der Waals surface area contributed by atoms with E-state index in [0.717, 1.165) is 48.6 Å². The minimum atomic E-state index is 0.0463. The second-order valence-electron chi connectivity index (χ2n) is 10.3. The first-order valence-corrected chi connectivity index (χ1v) is 14.2. The van der Waals surface area contributed by atoms with E-state index in [1.807, 2.05) is 42.5 Å². The number of amides is 1. The lowest BCUT2D eigenvalue weighted by Gasteiger charge is -2.37. The third kappa shape index (κ3) is 7.99. The van der Waals surface area contributed by atoms with E-state index >= 15 is 0 Å². The predicted octanol–water partition coefficient (Wildman–Crippen LogP) is 6.15. The molecule has 1 aliphatic rings. The third-order valence-corrected chi connectivity index (χ3v) is 7.53. The van der Waals surface area contributed by atoms with Crippen LogP contribution in [0, 0.1) is 0 Å². The Labute approximate surface area is 233 Å². The van der Waals surface area contributed by atoms with Crippen LogP contribution in [-0.2, 0) is 24.2 Å². The van der Waals surface area contributed by atoms with Crippen LogP contribution in [0.25, 0.3) is 0 Å². The van der Waals surface area contributed by atoms with Gasteiger partial charge in [0.05, 0.1) is 20.8 Å². The zero-order chi connectivity index (χ0) is 27.5. The van der Waals surface area contributed by atoms with E-state index in [0.29, 0.717) is 13.1 Å². The largest absolute Gasteiger partial charge is 0.493 e. The molecule has 1 atom stereocenters. The number of benzene rings is 3. The van der Waals surface area contributed by atoms with Crippen LogP contribution in [-0.4, -0.2) is 44.7 Å². The number of anilines is 1. The summed E-state index contributed by atoms with van der Waals surface area (Å²) in [5, 5.41) is 6.72. The average molecular weight is 530 g/mol. The van der Waals surface area contributed by atoms with Gasteiger partial charge in [-0.05, 0) is 65.8 Å². The van der Waals surface area contributed by atoms with Gasteiger partial charge in [-0.15, -0.1) is 0 Å². The molecule has 3 aromatic rings. The summed E-state index contributed by atoms with van der Waals surface area (Å²) in [6.07, 6.45) is 6.71. The maximum Gasteiger partial charge on any atom is 0.234 e. The van der Waals surface area contributed by atoms with E-state index < -0.39 is 0 Å². The second-order valence-corrected chi connectivity index (χ2v) is 10.3. The smallest absolute Gasteiger partial charge is 0.234 e. The van der Waals surface area contributed by atoms with Crippen molar-refractivity contribution in [2.24, 2.45) is 0 Å². The van der Waals surface area contributed by atoms with Gasteiger partial charge in [-0.25, -0.2) is 0 Å². The lowest BCUT2D eigenvalue weighted by atomic mass is 9.88. The molecule has 6 heteroatoms. The lowest BCUT2D eigenvalue weighted by Crippen LogP contribution is -2.43. The lowest BCUT2D eigenvalue weighted by molar-refractivity contribution is -0.123. The van der Waals surface area contributed by atoms with Gasteiger partial charge < -0.3 is 20.1 Å². The van der Waals surface area contributed by atoms with Gasteiger partial charge >= 0.3 is 0 Å². The number of hydrogen-bond donors (Lipinski definition) is 2. The highest BCUT2D eigenvalue weighted by Gasteiger charge is 2.29. The van der Waals surface area contributed by atoms with Crippen LogP contribution < -0.4 is 20.1 Å². The van der Waals surface area contributed by atoms with Crippen molar-refractivity contribution < 1.29 is 14.3 Å². The Balaban J connectivity index is 1.50. The summed E-state index contributed by atoms with van der Waals surface area (Å²) in [4.78, 5) is 15.3. The summed E-state index contributed by atoms with van der Waals surface area (Å²) in [5.74, 6) is 1.49. The first kappa shape index (κ1) is 28.5. The fourth-order valence-electron chi connectivity index (χ4n) is 5.35. The summed E-state index contributed by atoms with van der Waals surface area (Å²) in [6, 6.07) is 23.0. The Kier molecular flexibility index (Phi) is 10.7. The van der Waals surface area contributed by atoms with Crippen LogP contribution in [0.4, 0.5) is 5.69 Å². The van der Waals surface area contributed by atoms with E-state index in [-0.39, 0.29) is 11.9 Å². The molecule has 4 rings (SSSR count). The highest BCUT2D eigenvalue weighted by Crippen LogP contribution is 2.36. The highest BCUT2D eigenvalue weighted by molar-refractivity contribution is 5.78. The van der Waals surface area contributed by atoms with Crippen LogP contribution in [0.15, 0.2) is 66.7 Å². The molecule has 0 bridgehead atoms. The summed E-state index contributed by atoms with van der Waals surface area (Å²) >= 11 is 0. The Morgan fingerprint density at radius 1 is 0.923 bits per heavy atom. The van der Waals surface area contributed by atoms with E-state index in [1.165, 1.54) is 42.5 Å². The first-order valence-electron chi connectivity index (χ1n) is 14.2. The molecule has 0 aliphatic carbocycles. The molecule has 1 amide bonds. The fraction of sp³-hybridized carbons (Fsp3) is 0.424. The molecule has 0 saturated carbocycles. The molecule has 2 N–H and O–H groups in total. The Morgan fingerprint density at radius 3 is 2.51 bits per heavy atom. The van der Waals surface area contributed by atoms with Gasteiger partial charge in [-0.3, -0.25) is 9.69 Å². The number of ether oxygens (including phenoxy) is 2. The predicted molar refractivity (Wildman–Crippen MR) is 159 cm³/mol. The van der Waals surface area contributed by atoms with E-state index in [2.05, 4.69) is 46.7 Å². The van der Waals surface area contributed by atoms with E-state index in [9.17, 15) is 4.79 Å². The minimum absolute atomic E-state index is 0.0463. The molecule has 39 heavy (non-hydrogen) atoms. The van der Waals surface area contributed by atoms with Crippen LogP contribution in [0.1, 0.15) is 60.9 Å². The first-order chi connectivity index (χ1) is 19.1. The van der Waals surface area contributed by atoms with Crippen LogP contribution in [0.5, 0.6) is 11.5 Å². The maximum atomic E-state index is 13.0. The van der Waals surface area contributed by atoms with Gasteiger partial charge in [0.15, 0.2) is 11.5 Å². The number of carbonyl (C=O) groups excluding carboxylic acids is 1. The number of methoxy groups -OCH3 is 2. The molecule has 0 saturated heterocycles. The molecule has 0 radical (unpaired) electrons. The zero-order valence-corrected chi connectivity index (χ0v) is 23.7. The van der Waals surface area contributed by atoms with Crippen molar-refractivity contribution in [1.29, 1.82) is 0 Å². The van der Waals surface area contributed by atoms with Crippen molar-refractivity contribution in [2.45, 2.75) is 58.0 Å². The van der Waals surface area contributed by atoms with Gasteiger partial charge in [-0.2, -0.15) is 0 Å². The quantitative estimate of drug-likeness (QED) is 0.245. The zero-order valence-electron chi connectivity index (χ0n) is 23.7. The molecule has 1 unspecified atom stereocenters. The average Bonchev–Trinajstić information content (AvgIpc) is 2.97. The van der Waals surface area contributed by atoms with Gasteiger partial charge in [-0.1, -0.05) is 68.7 Å². The second kappa shape index (κ2) is 14.6. The minimum Gasteiger partial charge on any atom is -0.493 e. The molecule has 3 aromatic carbocycles. The Bertz CT molecular complexity index is 1200. The van der Waals surface area contributed by atoms with Gasteiger partial charge in [0, 0.05) is 31.4 Å². The molecule has 1 aliphatic heterocycles. The molecular formula is C33H43N3O3. The van der Waals surface area contributed by atoms with E-state index in [1.54, 1.807) is 14.2 Å². The van der Waals surface area contributed by atoms with Crippen molar-refractivity contribution in [3.05, 3.63) is 89.0 Å². The van der Waals surface area contributed by atoms with Gasteiger partial charge in [0.1, 0.15) is 0 Å². The molecule has 0 aromatic heterocycles. The van der Waals surface area contributed by atoms with Crippen LogP contribution >= 0.6 is 0 Å².